The van der Waals surface area contributed by atoms with Crippen molar-refractivity contribution in [1.29, 1.82) is 5.26 Å². The van der Waals surface area contributed by atoms with Crippen LogP contribution in [0.15, 0.2) is 22.7 Å². The van der Waals surface area contributed by atoms with Crippen LogP contribution in [0, 0.1) is 16.7 Å². The second-order valence-corrected chi connectivity index (χ2v) is 6.33. The molecule has 0 radical (unpaired) electrons. The molecular formula is C14H17BrN2. The molecule has 17 heavy (non-hydrogen) atoms. The molecule has 1 N–H and O–H groups in total. The van der Waals surface area contributed by atoms with Crippen LogP contribution >= 0.6 is 15.9 Å². The fraction of sp³-hybridized carbons (Fsp3) is 0.500. The molecule has 1 fully saturated rings. The monoisotopic (exact) mass is 292 g/mol. The zero-order valence-electron chi connectivity index (χ0n) is 10.3. The summed E-state index contributed by atoms with van der Waals surface area (Å²) in [4.78, 5) is 0. The summed E-state index contributed by atoms with van der Waals surface area (Å²) >= 11 is 3.44. The quantitative estimate of drug-likeness (QED) is 0.882. The van der Waals surface area contributed by atoms with Gasteiger partial charge in [0.1, 0.15) is 0 Å². The van der Waals surface area contributed by atoms with Crippen LogP contribution in [0.4, 0.5) is 5.69 Å². The largest absolute Gasteiger partial charge is 0.382 e. The maximum atomic E-state index is 8.95. The van der Waals surface area contributed by atoms with Gasteiger partial charge in [-0.1, -0.05) is 36.2 Å². The van der Waals surface area contributed by atoms with Gasteiger partial charge in [0.25, 0.3) is 0 Å². The number of rotatable bonds is 2. The first-order valence-electron chi connectivity index (χ1n) is 5.98. The van der Waals surface area contributed by atoms with E-state index in [1.165, 1.54) is 19.3 Å². The fourth-order valence-corrected chi connectivity index (χ4v) is 3.03. The number of nitriles is 1. The van der Waals surface area contributed by atoms with Crippen LogP contribution in [0.2, 0.25) is 0 Å². The van der Waals surface area contributed by atoms with E-state index in [1.807, 2.05) is 18.2 Å². The van der Waals surface area contributed by atoms with E-state index in [0.29, 0.717) is 17.0 Å². The summed E-state index contributed by atoms with van der Waals surface area (Å²) in [7, 11) is 0. The minimum Gasteiger partial charge on any atom is -0.382 e. The van der Waals surface area contributed by atoms with E-state index in [-0.39, 0.29) is 0 Å². The van der Waals surface area contributed by atoms with Crippen LogP contribution in [0.3, 0.4) is 0 Å². The molecule has 1 unspecified atom stereocenters. The summed E-state index contributed by atoms with van der Waals surface area (Å²) in [5.74, 6) is 0. The first-order chi connectivity index (χ1) is 8.01. The van der Waals surface area contributed by atoms with Gasteiger partial charge in [0.05, 0.1) is 11.6 Å². The second-order valence-electron chi connectivity index (χ2n) is 5.42. The Morgan fingerprint density at radius 3 is 2.76 bits per heavy atom. The molecule has 90 valence electrons. The first kappa shape index (κ1) is 12.4. The smallest absolute Gasteiger partial charge is 0.0992 e. The van der Waals surface area contributed by atoms with Crippen molar-refractivity contribution in [3.8, 4) is 6.07 Å². The number of hydrogen-bond donors (Lipinski definition) is 1. The fourth-order valence-electron chi connectivity index (χ4n) is 2.53. The van der Waals surface area contributed by atoms with Crippen molar-refractivity contribution in [2.24, 2.45) is 5.41 Å². The molecule has 3 heteroatoms. The van der Waals surface area contributed by atoms with E-state index in [0.717, 1.165) is 10.2 Å². The summed E-state index contributed by atoms with van der Waals surface area (Å²) in [6.45, 7) is 4.61. The van der Waals surface area contributed by atoms with Gasteiger partial charge in [0.2, 0.25) is 0 Å². The summed E-state index contributed by atoms with van der Waals surface area (Å²) in [6, 6.07) is 8.48. The third-order valence-corrected chi connectivity index (χ3v) is 4.08. The highest BCUT2D eigenvalue weighted by Gasteiger charge is 2.34. The van der Waals surface area contributed by atoms with E-state index in [9.17, 15) is 0 Å². The molecule has 1 saturated carbocycles. The first-order valence-corrected chi connectivity index (χ1v) is 6.78. The maximum absolute atomic E-state index is 8.95. The van der Waals surface area contributed by atoms with Crippen molar-refractivity contribution in [3.63, 3.8) is 0 Å². The highest BCUT2D eigenvalue weighted by atomic mass is 79.9. The van der Waals surface area contributed by atoms with Gasteiger partial charge in [0.15, 0.2) is 0 Å². The normalized spacial score (nSPS) is 22.1. The highest BCUT2D eigenvalue weighted by molar-refractivity contribution is 9.10. The number of nitrogens with zero attached hydrogens (tertiary/aromatic N) is 1. The SMILES string of the molecule is CC1(C)CCCC1Nc1cc(Br)cc(C#N)c1. The van der Waals surface area contributed by atoms with Crippen LogP contribution < -0.4 is 5.32 Å². The van der Waals surface area contributed by atoms with Crippen LogP contribution in [0.5, 0.6) is 0 Å². The lowest BCUT2D eigenvalue weighted by Crippen LogP contribution is -2.30. The van der Waals surface area contributed by atoms with Gasteiger partial charge in [-0.3, -0.25) is 0 Å². The number of nitrogens with one attached hydrogen (secondary N) is 1. The van der Waals surface area contributed by atoms with Gasteiger partial charge in [-0.2, -0.15) is 5.26 Å². The van der Waals surface area contributed by atoms with E-state index in [4.69, 9.17) is 5.26 Å². The Kier molecular flexibility index (Phi) is 3.44. The van der Waals surface area contributed by atoms with Gasteiger partial charge in [0, 0.05) is 16.2 Å². The van der Waals surface area contributed by atoms with Gasteiger partial charge in [-0.25, -0.2) is 0 Å². The van der Waals surface area contributed by atoms with Gasteiger partial charge in [-0.05, 0) is 36.5 Å². The van der Waals surface area contributed by atoms with Gasteiger partial charge >= 0.3 is 0 Å². The maximum Gasteiger partial charge on any atom is 0.0992 e. The summed E-state index contributed by atoms with van der Waals surface area (Å²) in [5, 5.41) is 12.5. The van der Waals surface area contributed by atoms with Gasteiger partial charge < -0.3 is 5.32 Å². The molecule has 0 aliphatic heterocycles. The molecule has 1 aliphatic rings. The third-order valence-electron chi connectivity index (χ3n) is 3.63. The van der Waals surface area contributed by atoms with Crippen LogP contribution in [-0.4, -0.2) is 6.04 Å². The predicted octanol–water partition coefficient (Wildman–Crippen LogP) is 4.31. The van der Waals surface area contributed by atoms with Gasteiger partial charge in [-0.15, -0.1) is 0 Å². The lowest BCUT2D eigenvalue weighted by atomic mass is 9.87. The minimum absolute atomic E-state index is 0.342. The number of hydrogen-bond acceptors (Lipinski definition) is 2. The molecule has 0 saturated heterocycles. The van der Waals surface area contributed by atoms with Crippen molar-refractivity contribution in [3.05, 3.63) is 28.2 Å². The Morgan fingerprint density at radius 2 is 2.18 bits per heavy atom. The predicted molar refractivity (Wildman–Crippen MR) is 73.9 cm³/mol. The minimum atomic E-state index is 0.342. The topological polar surface area (TPSA) is 35.8 Å². The van der Waals surface area contributed by atoms with Crippen LogP contribution in [0.25, 0.3) is 0 Å². The van der Waals surface area contributed by atoms with Crippen molar-refractivity contribution < 1.29 is 0 Å². The molecular weight excluding hydrogens is 276 g/mol. The number of halogens is 1. The van der Waals surface area contributed by atoms with Crippen LogP contribution in [-0.2, 0) is 0 Å². The molecule has 1 aromatic rings. The number of benzene rings is 1. The number of anilines is 1. The average Bonchev–Trinajstić information content (AvgIpc) is 2.57. The molecule has 1 aliphatic carbocycles. The summed E-state index contributed by atoms with van der Waals surface area (Å²) < 4.78 is 0.954. The van der Waals surface area contributed by atoms with Crippen LogP contribution in [0.1, 0.15) is 38.7 Å². The Balaban J connectivity index is 2.19. The molecule has 1 aromatic carbocycles. The molecule has 0 spiro atoms. The van der Waals surface area contributed by atoms with E-state index >= 15 is 0 Å². The highest BCUT2D eigenvalue weighted by Crippen LogP contribution is 2.39. The zero-order valence-corrected chi connectivity index (χ0v) is 11.8. The molecule has 0 heterocycles. The van der Waals surface area contributed by atoms with E-state index in [2.05, 4.69) is 41.2 Å². The van der Waals surface area contributed by atoms with Crippen molar-refractivity contribution in [2.75, 3.05) is 5.32 Å². The molecule has 0 amide bonds. The van der Waals surface area contributed by atoms with Crippen molar-refractivity contribution >= 4 is 21.6 Å². The van der Waals surface area contributed by atoms with E-state index in [1.54, 1.807) is 0 Å². The lowest BCUT2D eigenvalue weighted by Gasteiger charge is -2.28. The van der Waals surface area contributed by atoms with E-state index < -0.39 is 0 Å². The Morgan fingerprint density at radius 1 is 1.41 bits per heavy atom. The van der Waals surface area contributed by atoms with Crippen molar-refractivity contribution in [1.82, 2.24) is 0 Å². The molecule has 0 bridgehead atoms. The zero-order chi connectivity index (χ0) is 12.5. The molecule has 2 rings (SSSR count). The average molecular weight is 293 g/mol. The molecule has 2 nitrogen and oxygen atoms in total. The molecule has 1 atom stereocenters. The second kappa shape index (κ2) is 4.70. The Labute approximate surface area is 111 Å². The molecule has 0 aromatic heterocycles. The standard InChI is InChI=1S/C14H17BrN2/c1-14(2)5-3-4-13(14)17-12-7-10(9-16)6-11(15)8-12/h6-8,13,17H,3-5H2,1-2H3. The van der Waals surface area contributed by atoms with Crippen molar-refractivity contribution in [2.45, 2.75) is 39.2 Å². The summed E-state index contributed by atoms with van der Waals surface area (Å²) in [6.07, 6.45) is 3.76. The Bertz CT molecular complexity index is 460. The Hall–Kier alpha value is -1.01. The summed E-state index contributed by atoms with van der Waals surface area (Å²) in [5.41, 5.74) is 2.07. The lowest BCUT2D eigenvalue weighted by molar-refractivity contribution is 0.350. The third kappa shape index (κ3) is 2.81.